The van der Waals surface area contributed by atoms with E-state index in [2.05, 4.69) is 10.3 Å². The molecule has 2 aromatic heterocycles. The van der Waals surface area contributed by atoms with Gasteiger partial charge >= 0.3 is 0 Å². The first-order chi connectivity index (χ1) is 10.4. The molecule has 0 bridgehead atoms. The van der Waals surface area contributed by atoms with E-state index in [0.717, 1.165) is 17.0 Å². The van der Waals surface area contributed by atoms with Gasteiger partial charge in [-0.15, -0.1) is 0 Å². The summed E-state index contributed by atoms with van der Waals surface area (Å²) in [4.78, 5) is 16.8. The number of carbonyl (C=O) groups excluding carboxylic acids is 1. The minimum absolute atomic E-state index is 0.118. The van der Waals surface area contributed by atoms with Gasteiger partial charge in [-0.2, -0.15) is 11.3 Å². The Bertz CT molecular complexity index is 636. The van der Waals surface area contributed by atoms with Gasteiger partial charge in [-0.3, -0.25) is 9.78 Å². The number of aryl methyl sites for hydroxylation is 1. The molecule has 0 atom stereocenters. The lowest BCUT2D eigenvalue weighted by Gasteiger charge is -2.24. The van der Waals surface area contributed by atoms with Crippen LogP contribution in [0.15, 0.2) is 29.0 Å². The Morgan fingerprint density at radius 3 is 2.73 bits per heavy atom. The quantitative estimate of drug-likeness (QED) is 0.859. The normalized spacial score (nSPS) is 11.5. The molecule has 118 valence electrons. The fraction of sp³-hybridized carbons (Fsp3) is 0.412. The Balaban J connectivity index is 2.07. The van der Waals surface area contributed by atoms with Gasteiger partial charge < -0.3 is 10.4 Å². The van der Waals surface area contributed by atoms with Crippen LogP contribution in [0.25, 0.3) is 11.3 Å². The first kappa shape index (κ1) is 16.6. The number of amides is 1. The maximum Gasteiger partial charge on any atom is 0.253 e. The predicted molar refractivity (Wildman–Crippen MR) is 90.1 cm³/mol. The first-order valence-electron chi connectivity index (χ1n) is 7.32. The zero-order chi connectivity index (χ0) is 16.2. The molecule has 1 amide bonds. The second-order valence-electron chi connectivity index (χ2n) is 6.16. The molecule has 2 aromatic rings. The van der Waals surface area contributed by atoms with Crippen LogP contribution >= 0.6 is 11.3 Å². The largest absolute Gasteiger partial charge is 0.396 e. The average molecular weight is 318 g/mol. The molecule has 2 heterocycles. The summed E-state index contributed by atoms with van der Waals surface area (Å²) in [6.45, 7) is 6.54. The van der Waals surface area contributed by atoms with Crippen molar-refractivity contribution in [3.8, 4) is 11.3 Å². The lowest BCUT2D eigenvalue weighted by atomic mass is 9.89. The minimum Gasteiger partial charge on any atom is -0.396 e. The molecule has 0 spiro atoms. The summed E-state index contributed by atoms with van der Waals surface area (Å²) < 4.78 is 0. The number of aliphatic hydroxyl groups is 1. The van der Waals surface area contributed by atoms with Gasteiger partial charge in [0.25, 0.3) is 5.91 Å². The van der Waals surface area contributed by atoms with Crippen LogP contribution in [-0.2, 0) is 0 Å². The summed E-state index contributed by atoms with van der Waals surface area (Å²) in [7, 11) is 0. The molecule has 0 radical (unpaired) electrons. The summed E-state index contributed by atoms with van der Waals surface area (Å²) in [5.74, 6) is -0.118. The monoisotopic (exact) mass is 318 g/mol. The van der Waals surface area contributed by atoms with Crippen molar-refractivity contribution in [3.05, 3.63) is 40.2 Å². The van der Waals surface area contributed by atoms with Crippen LogP contribution < -0.4 is 5.32 Å². The van der Waals surface area contributed by atoms with Gasteiger partial charge in [0.05, 0.1) is 17.0 Å². The van der Waals surface area contributed by atoms with E-state index in [9.17, 15) is 4.79 Å². The molecule has 4 nitrogen and oxygen atoms in total. The summed E-state index contributed by atoms with van der Waals surface area (Å²) in [6.07, 6.45) is 0.654. The molecular formula is C17H22N2O2S. The molecule has 0 fully saturated rings. The van der Waals surface area contributed by atoms with E-state index in [1.54, 1.807) is 11.3 Å². The molecule has 2 N–H and O–H groups in total. The zero-order valence-corrected chi connectivity index (χ0v) is 14.0. The van der Waals surface area contributed by atoms with Gasteiger partial charge in [0.2, 0.25) is 0 Å². The number of hydrogen-bond donors (Lipinski definition) is 2. The summed E-state index contributed by atoms with van der Waals surface area (Å²) >= 11 is 1.63. The predicted octanol–water partition coefficient (Wildman–Crippen LogP) is 3.26. The maximum absolute atomic E-state index is 12.3. The van der Waals surface area contributed by atoms with Crippen LogP contribution in [0.2, 0.25) is 0 Å². The molecule has 5 heteroatoms. The Kier molecular flexibility index (Phi) is 5.32. The summed E-state index contributed by atoms with van der Waals surface area (Å²) in [5.41, 5.74) is 3.16. The van der Waals surface area contributed by atoms with Crippen LogP contribution in [0.5, 0.6) is 0 Å². The molecule has 0 aliphatic heterocycles. The topological polar surface area (TPSA) is 62.2 Å². The lowest BCUT2D eigenvalue weighted by molar-refractivity contribution is 0.0927. The van der Waals surface area contributed by atoms with Crippen molar-refractivity contribution in [1.82, 2.24) is 10.3 Å². The van der Waals surface area contributed by atoms with Crippen LogP contribution in [0.1, 0.15) is 36.3 Å². The van der Waals surface area contributed by atoms with E-state index in [0.29, 0.717) is 18.5 Å². The molecule has 2 rings (SSSR count). The number of rotatable bonds is 6. The highest BCUT2D eigenvalue weighted by molar-refractivity contribution is 7.08. The van der Waals surface area contributed by atoms with E-state index in [4.69, 9.17) is 5.11 Å². The molecule has 0 aliphatic carbocycles. The number of thiophene rings is 1. The van der Waals surface area contributed by atoms with E-state index in [1.807, 2.05) is 49.7 Å². The molecule has 0 saturated carbocycles. The number of aliphatic hydroxyl groups excluding tert-OH is 1. The summed E-state index contributed by atoms with van der Waals surface area (Å²) in [5, 5.41) is 16.0. The lowest BCUT2D eigenvalue weighted by Crippen LogP contribution is -2.35. The van der Waals surface area contributed by atoms with Gasteiger partial charge in [0, 0.05) is 24.1 Å². The highest BCUT2D eigenvalue weighted by Crippen LogP contribution is 2.22. The van der Waals surface area contributed by atoms with Gasteiger partial charge in [-0.25, -0.2) is 0 Å². The van der Waals surface area contributed by atoms with Crippen molar-refractivity contribution in [3.63, 3.8) is 0 Å². The van der Waals surface area contributed by atoms with Crippen molar-refractivity contribution in [2.75, 3.05) is 13.2 Å². The van der Waals surface area contributed by atoms with Gasteiger partial charge in [-0.05, 0) is 42.3 Å². The van der Waals surface area contributed by atoms with E-state index >= 15 is 0 Å². The van der Waals surface area contributed by atoms with Gasteiger partial charge in [0.15, 0.2) is 0 Å². The number of nitrogens with zero attached hydrogens (tertiary/aromatic N) is 1. The van der Waals surface area contributed by atoms with Crippen molar-refractivity contribution in [2.24, 2.45) is 5.41 Å². The molecule has 0 unspecified atom stereocenters. The molecule has 0 saturated heterocycles. The van der Waals surface area contributed by atoms with Crippen LogP contribution in [-0.4, -0.2) is 29.1 Å². The molecule has 0 aromatic carbocycles. The highest BCUT2D eigenvalue weighted by atomic mass is 32.1. The second kappa shape index (κ2) is 7.03. The number of pyridine rings is 1. The fourth-order valence-corrected chi connectivity index (χ4v) is 2.83. The summed E-state index contributed by atoms with van der Waals surface area (Å²) in [6, 6.07) is 5.72. The third kappa shape index (κ3) is 4.15. The number of carbonyl (C=O) groups is 1. The second-order valence-corrected chi connectivity index (χ2v) is 6.94. The average Bonchev–Trinajstić information content (AvgIpc) is 2.99. The van der Waals surface area contributed by atoms with Crippen molar-refractivity contribution < 1.29 is 9.90 Å². The molecule has 22 heavy (non-hydrogen) atoms. The first-order valence-corrected chi connectivity index (χ1v) is 8.26. The van der Waals surface area contributed by atoms with E-state index in [1.165, 1.54) is 0 Å². The molecular weight excluding hydrogens is 296 g/mol. The van der Waals surface area contributed by atoms with E-state index < -0.39 is 0 Å². The number of aromatic nitrogens is 1. The van der Waals surface area contributed by atoms with Crippen LogP contribution in [0.3, 0.4) is 0 Å². The van der Waals surface area contributed by atoms with Crippen LogP contribution in [0, 0.1) is 12.3 Å². The van der Waals surface area contributed by atoms with Gasteiger partial charge in [-0.1, -0.05) is 13.8 Å². The Labute approximate surface area is 135 Å². The Morgan fingerprint density at radius 1 is 1.36 bits per heavy atom. The standard InChI is InChI=1S/C17H22N2O2S/c1-12-14(16(21)18-11-17(2,3)7-8-20)4-5-15(19-12)13-6-9-22-10-13/h4-6,9-10,20H,7-8,11H2,1-3H3,(H,18,21). The van der Waals surface area contributed by atoms with Crippen molar-refractivity contribution in [2.45, 2.75) is 27.2 Å². The fourth-order valence-electron chi connectivity index (χ4n) is 2.18. The van der Waals surface area contributed by atoms with Gasteiger partial charge in [0.1, 0.15) is 0 Å². The van der Waals surface area contributed by atoms with Crippen LogP contribution in [0.4, 0.5) is 0 Å². The third-order valence-electron chi connectivity index (χ3n) is 3.66. The third-order valence-corrected chi connectivity index (χ3v) is 4.35. The Hall–Kier alpha value is -1.72. The smallest absolute Gasteiger partial charge is 0.253 e. The number of hydrogen-bond acceptors (Lipinski definition) is 4. The van der Waals surface area contributed by atoms with Crippen molar-refractivity contribution in [1.29, 1.82) is 0 Å². The number of nitrogens with one attached hydrogen (secondary N) is 1. The molecule has 0 aliphatic rings. The Morgan fingerprint density at radius 2 is 2.14 bits per heavy atom. The maximum atomic E-state index is 12.3. The highest BCUT2D eigenvalue weighted by Gasteiger charge is 2.19. The zero-order valence-electron chi connectivity index (χ0n) is 13.2. The minimum atomic E-state index is -0.123. The SMILES string of the molecule is Cc1nc(-c2ccsc2)ccc1C(=O)NCC(C)(C)CCO. The van der Waals surface area contributed by atoms with E-state index in [-0.39, 0.29) is 17.9 Å². The van der Waals surface area contributed by atoms with Crippen molar-refractivity contribution >= 4 is 17.2 Å².